The fraction of sp³-hybridized carbons (Fsp3) is 0.455. The number of esters is 2. The third kappa shape index (κ3) is 13.9. The first kappa shape index (κ1) is 46.5. The van der Waals surface area contributed by atoms with Crippen molar-refractivity contribution < 1.29 is 52.7 Å². The zero-order valence-electron chi connectivity index (χ0n) is 34.1. The number of hydrogen-bond acceptors (Lipinski definition) is 13. The maximum atomic E-state index is 13.4. The summed E-state index contributed by atoms with van der Waals surface area (Å²) in [5.74, 6) is -1.04. The number of methoxy groups -OCH3 is 2. The second-order valence-corrected chi connectivity index (χ2v) is 14.6. The number of allylic oxidation sites excluding steroid dienone is 8. The Labute approximate surface area is 335 Å². The van der Waals surface area contributed by atoms with Crippen molar-refractivity contribution in [1.29, 1.82) is 0 Å². The Morgan fingerprint density at radius 1 is 0.737 bits per heavy atom. The molecule has 0 amide bonds. The van der Waals surface area contributed by atoms with Crippen molar-refractivity contribution in [3.8, 4) is 0 Å². The average molecular weight is 791 g/mol. The highest BCUT2D eigenvalue weighted by Crippen LogP contribution is 2.33. The summed E-state index contributed by atoms with van der Waals surface area (Å²) in [4.78, 5) is 35.2. The van der Waals surface area contributed by atoms with Crippen LogP contribution in [0.3, 0.4) is 0 Å². The first-order chi connectivity index (χ1) is 27.2. The molecular formula is C44H58N2O11. The zero-order valence-corrected chi connectivity index (χ0v) is 34.1. The van der Waals surface area contributed by atoms with Gasteiger partial charge in [-0.05, 0) is 13.8 Å². The monoisotopic (exact) mass is 790 g/mol. The molecule has 2 aromatic rings. The number of ether oxygens (including phenoxy) is 4. The minimum absolute atomic E-state index is 0.0389. The Kier molecular flexibility index (Phi) is 18.5. The lowest BCUT2D eigenvalue weighted by atomic mass is 9.79. The molecule has 0 saturated heterocycles. The van der Waals surface area contributed by atoms with Gasteiger partial charge in [0.2, 0.25) is 5.89 Å². The average Bonchev–Trinajstić information content (AvgIpc) is 3.86. The van der Waals surface area contributed by atoms with Crippen LogP contribution in [-0.4, -0.2) is 94.2 Å². The van der Waals surface area contributed by atoms with Crippen molar-refractivity contribution in [3.63, 3.8) is 0 Å². The van der Waals surface area contributed by atoms with Crippen molar-refractivity contribution in [2.45, 2.75) is 104 Å². The van der Waals surface area contributed by atoms with Gasteiger partial charge in [0.05, 0.1) is 24.7 Å². The molecule has 0 aromatic carbocycles. The zero-order chi connectivity index (χ0) is 42.0. The van der Waals surface area contributed by atoms with Crippen molar-refractivity contribution in [2.24, 2.45) is 10.8 Å². The van der Waals surface area contributed by atoms with Crippen molar-refractivity contribution >= 4 is 18.0 Å². The number of oxazole rings is 2. The van der Waals surface area contributed by atoms with Crippen LogP contribution in [0.5, 0.6) is 0 Å². The number of fused-ring (bicyclic) bond motifs is 4. The van der Waals surface area contributed by atoms with Crippen LogP contribution < -0.4 is 0 Å². The normalized spacial score (nSPS) is 27.2. The van der Waals surface area contributed by atoms with Gasteiger partial charge in [-0.25, -0.2) is 19.6 Å². The van der Waals surface area contributed by atoms with Gasteiger partial charge in [-0.2, -0.15) is 0 Å². The third-order valence-corrected chi connectivity index (χ3v) is 9.69. The summed E-state index contributed by atoms with van der Waals surface area (Å²) >= 11 is 0. The molecule has 1 aliphatic heterocycles. The largest absolute Gasteiger partial charge is 0.457 e. The number of hydrogen-bond donors (Lipinski definition) is 3. The molecule has 0 saturated carbocycles. The second kappa shape index (κ2) is 22.7. The van der Waals surface area contributed by atoms with Crippen molar-refractivity contribution in [1.82, 2.24) is 9.97 Å². The third-order valence-electron chi connectivity index (χ3n) is 9.69. The Balaban J connectivity index is 1.96. The Morgan fingerprint density at radius 3 is 1.89 bits per heavy atom. The number of nitrogens with zero attached hydrogens (tertiary/aromatic N) is 2. The lowest BCUT2D eigenvalue weighted by Crippen LogP contribution is -2.42. The lowest BCUT2D eigenvalue weighted by Gasteiger charge is -2.36. The second-order valence-electron chi connectivity index (χ2n) is 14.6. The molecule has 57 heavy (non-hydrogen) atoms. The summed E-state index contributed by atoms with van der Waals surface area (Å²) in [6.45, 7) is 10.8. The topological polar surface area (TPSA) is 184 Å². The van der Waals surface area contributed by atoms with Crippen molar-refractivity contribution in [3.05, 3.63) is 127 Å². The number of aromatic nitrogens is 2. The van der Waals surface area contributed by atoms with Gasteiger partial charge in [0.1, 0.15) is 36.9 Å². The molecule has 0 aliphatic carbocycles. The molecular weight excluding hydrogens is 732 g/mol. The van der Waals surface area contributed by atoms with Crippen LogP contribution in [-0.2, 0) is 25.4 Å². The number of carbonyl (C=O) groups excluding carboxylic acids is 2. The van der Waals surface area contributed by atoms with E-state index in [4.69, 9.17) is 27.8 Å². The molecule has 2 aromatic heterocycles. The lowest BCUT2D eigenvalue weighted by molar-refractivity contribution is -0.0462. The molecule has 13 nitrogen and oxygen atoms in total. The van der Waals surface area contributed by atoms with E-state index in [-0.39, 0.29) is 36.0 Å². The molecule has 3 rings (SSSR count). The molecule has 310 valence electrons. The number of carbonyl (C=O) groups is 2. The predicted molar refractivity (Wildman–Crippen MR) is 216 cm³/mol. The summed E-state index contributed by atoms with van der Waals surface area (Å²) < 4.78 is 34.0. The van der Waals surface area contributed by atoms with E-state index in [0.29, 0.717) is 6.42 Å². The van der Waals surface area contributed by atoms with E-state index in [1.54, 1.807) is 114 Å². The maximum Gasteiger partial charge on any atom is 0.360 e. The molecule has 13 heteroatoms. The number of aliphatic hydroxyl groups is 3. The van der Waals surface area contributed by atoms with Gasteiger partial charge in [0, 0.05) is 44.0 Å². The molecule has 7 atom stereocenters. The van der Waals surface area contributed by atoms with E-state index >= 15 is 0 Å². The van der Waals surface area contributed by atoms with E-state index < -0.39 is 65.5 Å². The fourth-order valence-electron chi connectivity index (χ4n) is 5.68. The van der Waals surface area contributed by atoms with Crippen molar-refractivity contribution in [2.75, 3.05) is 14.2 Å². The van der Waals surface area contributed by atoms with Gasteiger partial charge in [0.25, 0.3) is 0 Å². The van der Waals surface area contributed by atoms with Crippen LogP contribution in [0.4, 0.5) is 0 Å². The Hall–Kier alpha value is -4.92. The van der Waals surface area contributed by atoms with Crippen LogP contribution in [0, 0.1) is 10.8 Å². The van der Waals surface area contributed by atoms with Gasteiger partial charge < -0.3 is 43.1 Å². The number of cyclic esters (lactones) is 2. The smallest absolute Gasteiger partial charge is 0.360 e. The van der Waals surface area contributed by atoms with E-state index in [1.165, 1.54) is 31.8 Å². The van der Waals surface area contributed by atoms with E-state index in [0.717, 1.165) is 0 Å². The van der Waals surface area contributed by atoms with Crippen LogP contribution >= 0.6 is 0 Å². The highest BCUT2D eigenvalue weighted by atomic mass is 16.6. The van der Waals surface area contributed by atoms with Gasteiger partial charge >= 0.3 is 11.9 Å². The van der Waals surface area contributed by atoms with E-state index in [1.807, 2.05) is 19.9 Å². The predicted octanol–water partition coefficient (Wildman–Crippen LogP) is 6.86. The summed E-state index contributed by atoms with van der Waals surface area (Å²) in [5.41, 5.74) is -1.88. The highest BCUT2D eigenvalue weighted by Gasteiger charge is 2.39. The molecule has 1 unspecified atom stereocenters. The summed E-state index contributed by atoms with van der Waals surface area (Å²) in [6, 6.07) is 0. The minimum atomic E-state index is -1.09. The SMILES string of the molecule is C/C=C/[C@H](O)C(C)(C)[C@@H]1C\C=C/C=C\C=C/[C@H](OC)Cc2nc(co2)C(=O)O[C@@H](C(C)(C)[C@@H](O)/C=C/C)C/C=C/[C@@H](O)C(OC)/C=C\C=C\c2nc(co2)C(=O)O1. The molecule has 0 spiro atoms. The van der Waals surface area contributed by atoms with Gasteiger partial charge in [-0.1, -0.05) is 119 Å². The highest BCUT2D eigenvalue weighted by molar-refractivity contribution is 5.87. The van der Waals surface area contributed by atoms with Crippen LogP contribution in [0.2, 0.25) is 0 Å². The number of rotatable bonds is 8. The molecule has 3 N–H and O–H groups in total. The molecule has 3 heterocycles. The minimum Gasteiger partial charge on any atom is -0.457 e. The summed E-state index contributed by atoms with van der Waals surface area (Å²) in [7, 11) is 2.99. The fourth-order valence-corrected chi connectivity index (χ4v) is 5.68. The van der Waals surface area contributed by atoms with Gasteiger partial charge in [0.15, 0.2) is 17.3 Å². The van der Waals surface area contributed by atoms with Crippen LogP contribution in [0.25, 0.3) is 6.08 Å². The Morgan fingerprint density at radius 2 is 1.30 bits per heavy atom. The standard InChI is InChI=1S/C44H58N2O11/c1-9-19-35(48)43(3,4)37-24-15-13-11-12-14-21-30(52-7)27-40-46-32(29-55-40)42(51)57-38(44(5,6)36(49)20-10-2)25-18-22-33(47)34(53-8)23-16-17-26-39-45-31(28-54-39)41(50)56-37/h9-23,26,28-30,33-38,47-49H,24-25,27H2,1-8H3/b12-11-,15-13-,19-9+,20-10+,21-14-,22-18+,23-16-,26-17+/t30-,33+,34?,35-,36-,37-,38+/m0/s1. The first-order valence-electron chi connectivity index (χ1n) is 18.9. The molecule has 1 aliphatic rings. The molecule has 0 radical (unpaired) electrons. The van der Waals surface area contributed by atoms with Crippen LogP contribution in [0.1, 0.15) is 87.1 Å². The number of aliphatic hydroxyl groups excluding tert-OH is 3. The first-order valence-corrected chi connectivity index (χ1v) is 18.9. The quantitative estimate of drug-likeness (QED) is 0.186. The molecule has 4 bridgehead atoms. The summed E-state index contributed by atoms with van der Waals surface area (Å²) in [6.07, 6.45) is 24.5. The summed E-state index contributed by atoms with van der Waals surface area (Å²) in [5, 5.41) is 32.8. The van der Waals surface area contributed by atoms with Crippen LogP contribution in [0.15, 0.2) is 113 Å². The van der Waals surface area contributed by atoms with E-state index in [9.17, 15) is 24.9 Å². The van der Waals surface area contributed by atoms with E-state index in [2.05, 4.69) is 9.97 Å². The molecule has 0 fully saturated rings. The van der Waals surface area contributed by atoms with Gasteiger partial charge in [-0.3, -0.25) is 0 Å². The Bertz CT molecular complexity index is 1810. The maximum absolute atomic E-state index is 13.4. The van der Waals surface area contributed by atoms with Gasteiger partial charge in [-0.15, -0.1) is 0 Å².